The first-order valence-electron chi connectivity index (χ1n) is 6.09. The van der Waals surface area contributed by atoms with Crippen LogP contribution in [0.2, 0.25) is 0 Å². The molecule has 1 aliphatic rings. The molecule has 0 spiro atoms. The molecule has 0 atom stereocenters. The van der Waals surface area contributed by atoms with E-state index in [1.165, 1.54) is 6.20 Å². The number of nitrogens with zero attached hydrogens (tertiary/aromatic N) is 3. The lowest BCUT2D eigenvalue weighted by Crippen LogP contribution is -2.44. The molecule has 0 bridgehead atoms. The molecule has 1 fully saturated rings. The molecule has 7 heteroatoms. The number of nitrogen functional groups attached to an aromatic ring is 1. The predicted molar refractivity (Wildman–Crippen MR) is 66.4 cm³/mol. The molecule has 2 heterocycles. The van der Waals surface area contributed by atoms with Gasteiger partial charge in [0.2, 0.25) is 0 Å². The monoisotopic (exact) mass is 274 g/mol. The Morgan fingerprint density at radius 2 is 1.89 bits per heavy atom. The van der Waals surface area contributed by atoms with Crippen LogP contribution in [-0.4, -0.2) is 48.0 Å². The highest BCUT2D eigenvalue weighted by Crippen LogP contribution is 2.32. The van der Waals surface area contributed by atoms with Gasteiger partial charge in [0.1, 0.15) is 0 Å². The minimum atomic E-state index is -4.41. The highest BCUT2D eigenvalue weighted by Gasteiger charge is 2.34. The molecular formula is C12H17F3N4. The van der Waals surface area contributed by atoms with E-state index in [2.05, 4.69) is 9.88 Å². The number of aromatic nitrogens is 1. The van der Waals surface area contributed by atoms with Crippen molar-refractivity contribution in [3.63, 3.8) is 0 Å². The van der Waals surface area contributed by atoms with E-state index in [0.717, 1.165) is 32.2 Å². The summed E-state index contributed by atoms with van der Waals surface area (Å²) in [6.07, 6.45) is -3.13. The summed E-state index contributed by atoms with van der Waals surface area (Å²) in [5.41, 5.74) is 4.75. The van der Waals surface area contributed by atoms with Gasteiger partial charge in [-0.2, -0.15) is 13.2 Å². The van der Waals surface area contributed by atoms with E-state index in [4.69, 9.17) is 5.73 Å². The van der Waals surface area contributed by atoms with Gasteiger partial charge in [-0.05, 0) is 13.1 Å². The van der Waals surface area contributed by atoms with Gasteiger partial charge in [-0.15, -0.1) is 0 Å². The zero-order valence-electron chi connectivity index (χ0n) is 10.7. The molecule has 2 rings (SSSR count). The summed E-state index contributed by atoms with van der Waals surface area (Å²) in [6, 6.07) is 0.957. The van der Waals surface area contributed by atoms with Crippen molar-refractivity contribution in [1.29, 1.82) is 0 Å². The Kier molecular flexibility index (Phi) is 3.96. The molecule has 2 N–H and O–H groups in total. The van der Waals surface area contributed by atoms with Crippen molar-refractivity contribution < 1.29 is 13.2 Å². The fourth-order valence-electron chi connectivity index (χ4n) is 2.10. The zero-order chi connectivity index (χ0) is 14.0. The van der Waals surface area contributed by atoms with E-state index in [-0.39, 0.29) is 17.9 Å². The van der Waals surface area contributed by atoms with E-state index in [0.29, 0.717) is 0 Å². The maximum atomic E-state index is 12.9. The minimum Gasteiger partial charge on any atom is -0.397 e. The summed E-state index contributed by atoms with van der Waals surface area (Å²) in [4.78, 5) is 7.99. The molecule has 1 saturated heterocycles. The van der Waals surface area contributed by atoms with Crippen LogP contribution in [0.1, 0.15) is 11.3 Å². The maximum Gasteiger partial charge on any atom is 0.418 e. The first-order valence-corrected chi connectivity index (χ1v) is 6.09. The average molecular weight is 274 g/mol. The standard InChI is InChI=1S/C12H17F3N4/c1-18-2-4-19(5-3-18)8-11-10(12(13,14)15)6-9(16)7-17-11/h6-7H,2-5,8,16H2,1H3. The van der Waals surface area contributed by atoms with Gasteiger partial charge in [0.05, 0.1) is 23.1 Å². The van der Waals surface area contributed by atoms with Crippen LogP contribution >= 0.6 is 0 Å². The average Bonchev–Trinajstić information content (AvgIpc) is 2.33. The molecule has 0 amide bonds. The maximum absolute atomic E-state index is 12.9. The Hall–Kier alpha value is -1.34. The number of halogens is 3. The fraction of sp³-hybridized carbons (Fsp3) is 0.583. The molecule has 0 radical (unpaired) electrons. The summed E-state index contributed by atoms with van der Waals surface area (Å²) >= 11 is 0. The van der Waals surface area contributed by atoms with Crippen LogP contribution in [0.5, 0.6) is 0 Å². The molecular weight excluding hydrogens is 257 g/mol. The highest BCUT2D eigenvalue weighted by atomic mass is 19.4. The quantitative estimate of drug-likeness (QED) is 0.886. The van der Waals surface area contributed by atoms with Gasteiger partial charge in [-0.1, -0.05) is 0 Å². The Bertz CT molecular complexity index is 439. The summed E-state index contributed by atoms with van der Waals surface area (Å²) < 4.78 is 38.8. The van der Waals surface area contributed by atoms with Gasteiger partial charge in [0.25, 0.3) is 0 Å². The van der Waals surface area contributed by atoms with E-state index in [1.54, 1.807) is 0 Å². The topological polar surface area (TPSA) is 45.4 Å². The van der Waals surface area contributed by atoms with E-state index >= 15 is 0 Å². The van der Waals surface area contributed by atoms with E-state index in [1.807, 2.05) is 11.9 Å². The van der Waals surface area contributed by atoms with Crippen LogP contribution in [0.4, 0.5) is 18.9 Å². The number of rotatable bonds is 2. The molecule has 0 aliphatic carbocycles. The molecule has 1 aliphatic heterocycles. The molecule has 19 heavy (non-hydrogen) atoms. The number of anilines is 1. The van der Waals surface area contributed by atoms with Crippen molar-refractivity contribution in [3.05, 3.63) is 23.5 Å². The first-order chi connectivity index (χ1) is 8.86. The summed E-state index contributed by atoms with van der Waals surface area (Å²) in [6.45, 7) is 3.43. The summed E-state index contributed by atoms with van der Waals surface area (Å²) in [7, 11) is 2.00. The van der Waals surface area contributed by atoms with Gasteiger partial charge >= 0.3 is 6.18 Å². The summed E-state index contributed by atoms with van der Waals surface area (Å²) in [5, 5.41) is 0. The molecule has 1 aromatic rings. The highest BCUT2D eigenvalue weighted by molar-refractivity contribution is 5.41. The smallest absolute Gasteiger partial charge is 0.397 e. The number of likely N-dealkylation sites (N-methyl/N-ethyl adjacent to an activating group) is 1. The van der Waals surface area contributed by atoms with Crippen molar-refractivity contribution in [2.24, 2.45) is 0 Å². The van der Waals surface area contributed by atoms with Gasteiger partial charge < -0.3 is 10.6 Å². The number of nitrogens with two attached hydrogens (primary N) is 1. The van der Waals surface area contributed by atoms with Crippen LogP contribution in [0.25, 0.3) is 0 Å². The largest absolute Gasteiger partial charge is 0.418 e. The molecule has 0 saturated carbocycles. The SMILES string of the molecule is CN1CCN(Cc2ncc(N)cc2C(F)(F)F)CC1. The van der Waals surface area contributed by atoms with Crippen LogP contribution in [0.15, 0.2) is 12.3 Å². The molecule has 1 aromatic heterocycles. The third-order valence-corrected chi connectivity index (χ3v) is 3.27. The first kappa shape index (κ1) is 14.1. The lowest BCUT2D eigenvalue weighted by Gasteiger charge is -2.32. The minimum absolute atomic E-state index is 0.0365. The van der Waals surface area contributed by atoms with Crippen LogP contribution < -0.4 is 5.73 Å². The van der Waals surface area contributed by atoms with Crippen molar-refractivity contribution in [2.45, 2.75) is 12.7 Å². The predicted octanol–water partition coefficient (Wildman–Crippen LogP) is 1.43. The normalized spacial score (nSPS) is 18.7. The lowest BCUT2D eigenvalue weighted by atomic mass is 10.1. The van der Waals surface area contributed by atoms with Gasteiger partial charge in [0.15, 0.2) is 0 Å². The third-order valence-electron chi connectivity index (χ3n) is 3.27. The second kappa shape index (κ2) is 5.34. The van der Waals surface area contributed by atoms with E-state index < -0.39 is 11.7 Å². The third kappa shape index (κ3) is 3.57. The Morgan fingerprint density at radius 1 is 1.26 bits per heavy atom. The Labute approximate surface area is 110 Å². The second-order valence-corrected chi connectivity index (χ2v) is 4.84. The fourth-order valence-corrected chi connectivity index (χ4v) is 2.10. The number of hydrogen-bond donors (Lipinski definition) is 1. The number of piperazine rings is 1. The number of hydrogen-bond acceptors (Lipinski definition) is 4. The molecule has 0 unspecified atom stereocenters. The number of pyridine rings is 1. The van der Waals surface area contributed by atoms with Crippen molar-refractivity contribution in [2.75, 3.05) is 39.0 Å². The van der Waals surface area contributed by atoms with Crippen LogP contribution in [0, 0.1) is 0 Å². The Morgan fingerprint density at radius 3 is 2.47 bits per heavy atom. The van der Waals surface area contributed by atoms with Crippen LogP contribution in [0.3, 0.4) is 0 Å². The second-order valence-electron chi connectivity index (χ2n) is 4.84. The zero-order valence-corrected chi connectivity index (χ0v) is 10.7. The van der Waals surface area contributed by atoms with Gasteiger partial charge in [-0.3, -0.25) is 9.88 Å². The van der Waals surface area contributed by atoms with Crippen molar-refractivity contribution >= 4 is 5.69 Å². The molecule has 4 nitrogen and oxygen atoms in total. The van der Waals surface area contributed by atoms with Crippen LogP contribution in [-0.2, 0) is 12.7 Å². The van der Waals surface area contributed by atoms with Crippen molar-refractivity contribution in [3.8, 4) is 0 Å². The number of alkyl halides is 3. The molecule has 0 aromatic carbocycles. The van der Waals surface area contributed by atoms with Gasteiger partial charge in [-0.25, -0.2) is 0 Å². The Balaban J connectivity index is 2.16. The van der Waals surface area contributed by atoms with Gasteiger partial charge in [0, 0.05) is 32.7 Å². The lowest BCUT2D eigenvalue weighted by molar-refractivity contribution is -0.138. The molecule has 106 valence electrons. The van der Waals surface area contributed by atoms with Crippen molar-refractivity contribution in [1.82, 2.24) is 14.8 Å². The van der Waals surface area contributed by atoms with E-state index in [9.17, 15) is 13.2 Å². The summed E-state index contributed by atoms with van der Waals surface area (Å²) in [5.74, 6) is 0.